The van der Waals surface area contributed by atoms with Crippen LogP contribution in [0.25, 0.3) is 0 Å². The smallest absolute Gasteiger partial charge is 0.399 e. The molecule has 134 valence electrons. The van der Waals surface area contributed by atoms with Gasteiger partial charge in [0.25, 0.3) is 0 Å². The van der Waals surface area contributed by atoms with Crippen molar-refractivity contribution in [3.8, 4) is 0 Å². The van der Waals surface area contributed by atoms with Crippen molar-refractivity contribution in [2.75, 3.05) is 0 Å². The first-order chi connectivity index (χ1) is 11.7. The number of thioether (sulfide) groups is 1. The van der Waals surface area contributed by atoms with Crippen LogP contribution in [0.5, 0.6) is 0 Å². The molecule has 2 atom stereocenters. The van der Waals surface area contributed by atoms with E-state index in [-0.39, 0.29) is 17.1 Å². The largest absolute Gasteiger partial charge is 0.494 e. The highest BCUT2D eigenvalue weighted by Gasteiger charge is 2.51. The van der Waals surface area contributed by atoms with Crippen molar-refractivity contribution < 1.29 is 14.1 Å². The monoisotopic (exact) mass is 358 g/mol. The van der Waals surface area contributed by atoms with Gasteiger partial charge in [-0.1, -0.05) is 24.3 Å². The number of carbonyl (C=O) groups is 1. The molecule has 0 amide bonds. The number of benzene rings is 1. The maximum atomic E-state index is 13.0. The van der Waals surface area contributed by atoms with Crippen LogP contribution in [0.4, 0.5) is 0 Å². The van der Waals surface area contributed by atoms with Gasteiger partial charge < -0.3 is 9.31 Å². The molecule has 2 unspecified atom stereocenters. The zero-order valence-corrected chi connectivity index (χ0v) is 16.4. The fourth-order valence-electron chi connectivity index (χ4n) is 4.13. The zero-order valence-electron chi connectivity index (χ0n) is 15.6. The van der Waals surface area contributed by atoms with Crippen LogP contribution in [-0.2, 0) is 9.31 Å². The van der Waals surface area contributed by atoms with Crippen LogP contribution in [0.1, 0.15) is 63.7 Å². The van der Waals surface area contributed by atoms with Crippen molar-refractivity contribution in [2.24, 2.45) is 5.92 Å². The number of rotatable bonds is 3. The Morgan fingerprint density at radius 1 is 1.08 bits per heavy atom. The second kappa shape index (κ2) is 6.14. The van der Waals surface area contributed by atoms with Crippen LogP contribution < -0.4 is 5.46 Å². The number of hydrogen-bond donors (Lipinski definition) is 0. The number of fused-ring (bicyclic) bond motifs is 2. The van der Waals surface area contributed by atoms with Crippen molar-refractivity contribution >= 4 is 30.1 Å². The summed E-state index contributed by atoms with van der Waals surface area (Å²) in [5.74, 6) is 0.489. The number of hydrogen-bond acceptors (Lipinski definition) is 4. The van der Waals surface area contributed by atoms with E-state index in [1.165, 1.54) is 12.8 Å². The molecule has 4 rings (SSSR count). The van der Waals surface area contributed by atoms with E-state index in [4.69, 9.17) is 9.31 Å². The minimum absolute atomic E-state index is 0.187. The Bertz CT molecular complexity index is 659. The number of Topliss-reactive ketones (excluding diaryl/α,β-unsaturated/α-hetero) is 1. The van der Waals surface area contributed by atoms with Crippen molar-refractivity contribution in [2.45, 2.75) is 75.1 Å². The molecular weight excluding hydrogens is 331 g/mol. The summed E-state index contributed by atoms with van der Waals surface area (Å²) in [4.78, 5) is 13.0. The lowest BCUT2D eigenvalue weighted by Gasteiger charge is -2.32. The van der Waals surface area contributed by atoms with Crippen molar-refractivity contribution in [1.29, 1.82) is 0 Å². The van der Waals surface area contributed by atoms with Crippen molar-refractivity contribution in [1.82, 2.24) is 0 Å². The molecular formula is C20H27BO3S. The summed E-state index contributed by atoms with van der Waals surface area (Å²) in [7, 11) is -0.407. The Labute approximate surface area is 155 Å². The summed E-state index contributed by atoms with van der Waals surface area (Å²) in [5.41, 5.74) is 1.02. The van der Waals surface area contributed by atoms with Crippen LogP contribution >= 0.6 is 11.8 Å². The minimum atomic E-state index is -0.407. The molecule has 3 aliphatic rings. The van der Waals surface area contributed by atoms with E-state index in [1.54, 1.807) is 0 Å². The molecule has 25 heavy (non-hydrogen) atoms. The van der Waals surface area contributed by atoms with E-state index < -0.39 is 7.12 Å². The van der Waals surface area contributed by atoms with Crippen LogP contribution in [0.15, 0.2) is 24.3 Å². The summed E-state index contributed by atoms with van der Waals surface area (Å²) in [6, 6.07) is 7.88. The first-order valence-electron chi connectivity index (χ1n) is 9.40. The third-order valence-electron chi connectivity index (χ3n) is 6.36. The van der Waals surface area contributed by atoms with Gasteiger partial charge in [0.1, 0.15) is 0 Å². The van der Waals surface area contributed by atoms with Crippen molar-refractivity contribution in [3.05, 3.63) is 29.8 Å². The Morgan fingerprint density at radius 3 is 2.28 bits per heavy atom. The molecule has 1 aromatic rings. The predicted octanol–water partition coefficient (Wildman–Crippen LogP) is 3.84. The SMILES string of the molecule is CC1(C)OB(c2cccc(C(=O)C3CC4CCC(C3)S4)c2)OC1(C)C. The van der Waals surface area contributed by atoms with Crippen molar-refractivity contribution in [3.63, 3.8) is 0 Å². The lowest BCUT2D eigenvalue weighted by molar-refractivity contribution is 0.00578. The quantitative estimate of drug-likeness (QED) is 0.608. The van der Waals surface area contributed by atoms with Gasteiger partial charge in [0.2, 0.25) is 0 Å². The summed E-state index contributed by atoms with van der Waals surface area (Å²) < 4.78 is 12.3. The van der Waals surface area contributed by atoms with Gasteiger partial charge >= 0.3 is 7.12 Å². The van der Waals surface area contributed by atoms with Gasteiger partial charge in [0.05, 0.1) is 11.2 Å². The Balaban J connectivity index is 1.53. The Morgan fingerprint density at radius 2 is 1.68 bits per heavy atom. The molecule has 1 aromatic carbocycles. The van der Waals surface area contributed by atoms with Crippen LogP contribution in [0, 0.1) is 5.92 Å². The average Bonchev–Trinajstić information content (AvgIpc) is 3.01. The van der Waals surface area contributed by atoms with Crippen LogP contribution in [-0.4, -0.2) is 34.6 Å². The minimum Gasteiger partial charge on any atom is -0.399 e. The van der Waals surface area contributed by atoms with Gasteiger partial charge in [-0.25, -0.2) is 0 Å². The van der Waals surface area contributed by atoms with E-state index >= 15 is 0 Å². The van der Waals surface area contributed by atoms with Gasteiger partial charge in [0.15, 0.2) is 5.78 Å². The molecule has 3 fully saturated rings. The maximum Gasteiger partial charge on any atom is 0.494 e. The summed E-state index contributed by atoms with van der Waals surface area (Å²) in [6.07, 6.45) is 4.65. The van der Waals surface area contributed by atoms with Gasteiger partial charge in [0, 0.05) is 22.0 Å². The van der Waals surface area contributed by atoms with Crippen LogP contribution in [0.2, 0.25) is 0 Å². The molecule has 0 radical (unpaired) electrons. The molecule has 2 bridgehead atoms. The highest BCUT2D eigenvalue weighted by atomic mass is 32.2. The van der Waals surface area contributed by atoms with Gasteiger partial charge in [-0.15, -0.1) is 0 Å². The van der Waals surface area contributed by atoms with E-state index in [9.17, 15) is 4.79 Å². The predicted molar refractivity (Wildman–Crippen MR) is 104 cm³/mol. The number of carbonyl (C=O) groups excluding carboxylic acids is 1. The molecule has 0 aliphatic carbocycles. The standard InChI is InChI=1S/C20H27BO3S/c1-19(2)20(3,4)24-21(23-19)15-7-5-6-13(10-15)18(22)14-11-16-8-9-17(12-14)25-16/h5-7,10,14,16-17H,8-9,11-12H2,1-4H3. The molecule has 0 aromatic heterocycles. The van der Waals surface area contributed by atoms with E-state index in [1.807, 2.05) is 24.3 Å². The molecule has 0 N–H and O–H groups in total. The zero-order chi connectivity index (χ0) is 17.8. The summed E-state index contributed by atoms with van der Waals surface area (Å²) in [6.45, 7) is 8.21. The third-order valence-corrected chi connectivity index (χ3v) is 7.98. The molecule has 3 heterocycles. The summed E-state index contributed by atoms with van der Waals surface area (Å²) in [5, 5.41) is 1.39. The van der Waals surface area contributed by atoms with E-state index in [2.05, 4.69) is 39.5 Å². The van der Waals surface area contributed by atoms with Gasteiger partial charge in [-0.05, 0) is 58.8 Å². The van der Waals surface area contributed by atoms with Gasteiger partial charge in [-0.3, -0.25) is 4.79 Å². The molecule has 3 aliphatic heterocycles. The van der Waals surface area contributed by atoms with Gasteiger partial charge in [-0.2, -0.15) is 11.8 Å². The molecule has 5 heteroatoms. The third kappa shape index (κ3) is 3.20. The van der Waals surface area contributed by atoms with E-state index in [0.29, 0.717) is 16.3 Å². The topological polar surface area (TPSA) is 35.5 Å². The first kappa shape index (κ1) is 17.6. The molecule has 0 saturated carbocycles. The van der Waals surface area contributed by atoms with Crippen LogP contribution in [0.3, 0.4) is 0 Å². The lowest BCUT2D eigenvalue weighted by atomic mass is 9.77. The number of ketones is 1. The maximum absolute atomic E-state index is 13.0. The molecule has 3 nitrogen and oxygen atoms in total. The highest BCUT2D eigenvalue weighted by Crippen LogP contribution is 2.46. The second-order valence-electron chi connectivity index (χ2n) is 8.70. The summed E-state index contributed by atoms with van der Waals surface area (Å²) >= 11 is 2.10. The normalized spacial score (nSPS) is 32.8. The molecule has 3 saturated heterocycles. The second-order valence-corrected chi connectivity index (χ2v) is 10.3. The van der Waals surface area contributed by atoms with E-state index in [0.717, 1.165) is 23.9 Å². The fraction of sp³-hybridized carbons (Fsp3) is 0.650. The highest BCUT2D eigenvalue weighted by molar-refractivity contribution is 8.00. The Kier molecular flexibility index (Phi) is 4.33. The Hall–Kier alpha value is -0.775. The lowest BCUT2D eigenvalue weighted by Crippen LogP contribution is -2.41. The fourth-order valence-corrected chi connectivity index (χ4v) is 5.90. The average molecular weight is 358 g/mol. The first-order valence-corrected chi connectivity index (χ1v) is 10.3. The molecule has 0 spiro atoms.